The lowest BCUT2D eigenvalue weighted by molar-refractivity contribution is -0.154. The van der Waals surface area contributed by atoms with Crippen LogP contribution in [0.4, 0.5) is 0 Å². The molecule has 0 aliphatic carbocycles. The first-order valence-electron chi connectivity index (χ1n) is 22.2. The predicted molar refractivity (Wildman–Crippen MR) is 242 cm³/mol. The normalized spacial score (nSPS) is 14.9. The van der Waals surface area contributed by atoms with Crippen LogP contribution in [0.25, 0.3) is 0 Å². The van der Waals surface area contributed by atoms with Gasteiger partial charge in [0.1, 0.15) is 12.2 Å². The molecule has 0 aromatic rings. The molecule has 0 aliphatic heterocycles. The van der Waals surface area contributed by atoms with Crippen molar-refractivity contribution in [1.82, 2.24) is 0 Å². The molecule has 0 bridgehead atoms. The van der Waals surface area contributed by atoms with Crippen molar-refractivity contribution in [2.75, 3.05) is 33.0 Å². The van der Waals surface area contributed by atoms with E-state index in [4.69, 9.17) is 23.6 Å². The number of esters is 1. The molecule has 3 atom stereocenters. The van der Waals surface area contributed by atoms with E-state index in [1.54, 1.807) is 0 Å². The van der Waals surface area contributed by atoms with E-state index in [2.05, 4.69) is 111 Å². The molecule has 58 heavy (non-hydrogen) atoms. The summed E-state index contributed by atoms with van der Waals surface area (Å²) < 4.78 is 33.3. The van der Waals surface area contributed by atoms with E-state index in [-0.39, 0.29) is 13.0 Å². The number of phosphoric acid groups is 1. The summed E-state index contributed by atoms with van der Waals surface area (Å²) in [5, 5.41) is 18.4. The maximum atomic E-state index is 12.6. The van der Waals surface area contributed by atoms with Crippen molar-refractivity contribution in [3.05, 3.63) is 97.2 Å². The molecule has 3 N–H and O–H groups in total. The third-order valence-electron chi connectivity index (χ3n) is 8.75. The maximum Gasteiger partial charge on any atom is 0.472 e. The SMILES string of the molecule is CC/C=C\C/C=C\C/C=C\C/C=C\C/C=C\CCCCOCC(COP(=O)(O)OCC(O)CO)OC(=O)CCCCCCCC/C=C\C/C=C\C/C=C\CCCCC. The van der Waals surface area contributed by atoms with E-state index in [1.165, 1.54) is 25.7 Å². The summed E-state index contributed by atoms with van der Waals surface area (Å²) in [6.07, 6.45) is 55.1. The minimum atomic E-state index is -4.54. The molecule has 0 aromatic carbocycles. The van der Waals surface area contributed by atoms with E-state index in [1.807, 2.05) is 0 Å². The van der Waals surface area contributed by atoms with Crippen molar-refractivity contribution in [3.8, 4) is 0 Å². The number of carbonyl (C=O) groups excluding carboxylic acids is 1. The number of hydrogen-bond donors (Lipinski definition) is 3. The van der Waals surface area contributed by atoms with Crippen LogP contribution >= 0.6 is 7.82 Å². The van der Waals surface area contributed by atoms with E-state index in [0.717, 1.165) is 103 Å². The standard InChI is InChI=1S/C48H81O9P/c1-3-5-7-9-11-13-15-17-19-21-23-24-26-28-30-32-34-36-38-40-48(51)57-47(45-56-58(52,53)55-43-46(50)42-49)44-54-41-39-37-35-33-31-29-27-25-22-20-18-16-14-12-10-8-6-4-2/h6,8,11-14,17-20,23-25,27,31,33,46-47,49-50H,3-5,7,9-10,15-16,21-22,26,28-30,32,34-45H2,1-2H3,(H,52,53)/b8-6-,13-11-,14-12-,19-17-,20-18-,24-23-,27-25-,33-31-. The molecule has 10 heteroatoms. The maximum absolute atomic E-state index is 12.6. The summed E-state index contributed by atoms with van der Waals surface area (Å²) in [5.41, 5.74) is 0. The van der Waals surface area contributed by atoms with Crippen LogP contribution in [0.3, 0.4) is 0 Å². The van der Waals surface area contributed by atoms with Gasteiger partial charge in [0.2, 0.25) is 0 Å². The van der Waals surface area contributed by atoms with Crippen molar-refractivity contribution in [1.29, 1.82) is 0 Å². The fourth-order valence-corrected chi connectivity index (χ4v) is 6.18. The van der Waals surface area contributed by atoms with Gasteiger partial charge in [-0.2, -0.15) is 0 Å². The highest BCUT2D eigenvalue weighted by Crippen LogP contribution is 2.43. The summed E-state index contributed by atoms with van der Waals surface area (Å²) in [6, 6.07) is 0. The van der Waals surface area contributed by atoms with Crippen LogP contribution in [-0.2, 0) is 27.9 Å². The summed E-state index contributed by atoms with van der Waals surface area (Å²) >= 11 is 0. The summed E-state index contributed by atoms with van der Waals surface area (Å²) in [6.45, 7) is 3.22. The quantitative estimate of drug-likeness (QED) is 0.0238. The highest BCUT2D eigenvalue weighted by Gasteiger charge is 2.26. The number of rotatable bonds is 41. The third-order valence-corrected chi connectivity index (χ3v) is 9.70. The largest absolute Gasteiger partial charge is 0.472 e. The average molecular weight is 833 g/mol. The Balaban J connectivity index is 4.30. The first-order valence-corrected chi connectivity index (χ1v) is 23.7. The molecule has 0 aliphatic rings. The number of ether oxygens (including phenoxy) is 2. The summed E-state index contributed by atoms with van der Waals surface area (Å²) in [7, 11) is -4.54. The molecule has 0 fully saturated rings. The highest BCUT2D eigenvalue weighted by atomic mass is 31.2. The number of hydrogen-bond acceptors (Lipinski definition) is 8. The number of unbranched alkanes of at least 4 members (excludes halogenated alkanes) is 11. The topological polar surface area (TPSA) is 132 Å². The Morgan fingerprint density at radius 2 is 0.983 bits per heavy atom. The monoisotopic (exact) mass is 833 g/mol. The van der Waals surface area contributed by atoms with Crippen LogP contribution in [0, 0.1) is 0 Å². The Kier molecular flexibility index (Phi) is 42.0. The zero-order valence-corrected chi connectivity index (χ0v) is 37.1. The first kappa shape index (κ1) is 55.4. The molecule has 0 radical (unpaired) electrons. The molecular weight excluding hydrogens is 751 g/mol. The second-order valence-corrected chi connectivity index (χ2v) is 15.8. The molecule has 0 amide bonds. The van der Waals surface area contributed by atoms with Gasteiger partial charge in [-0.25, -0.2) is 4.57 Å². The summed E-state index contributed by atoms with van der Waals surface area (Å²) in [5.74, 6) is -0.415. The molecule has 0 rings (SSSR count). The molecule has 0 saturated carbocycles. The Morgan fingerprint density at radius 3 is 1.48 bits per heavy atom. The second-order valence-electron chi connectivity index (χ2n) is 14.3. The van der Waals surface area contributed by atoms with E-state index in [9.17, 15) is 19.4 Å². The Labute approximate surface area is 353 Å². The number of aliphatic hydroxyl groups excluding tert-OH is 2. The van der Waals surface area contributed by atoms with Gasteiger partial charge in [0.15, 0.2) is 0 Å². The van der Waals surface area contributed by atoms with Crippen molar-refractivity contribution < 1.29 is 43.0 Å². The molecular formula is C48H81O9P. The van der Waals surface area contributed by atoms with Crippen molar-refractivity contribution in [2.24, 2.45) is 0 Å². The van der Waals surface area contributed by atoms with Gasteiger partial charge in [0.25, 0.3) is 0 Å². The molecule has 0 heterocycles. The Bertz CT molecular complexity index is 1220. The number of carbonyl (C=O) groups is 1. The van der Waals surface area contributed by atoms with Crippen molar-refractivity contribution in [3.63, 3.8) is 0 Å². The molecule has 0 saturated heterocycles. The predicted octanol–water partition coefficient (Wildman–Crippen LogP) is 12.5. The highest BCUT2D eigenvalue weighted by molar-refractivity contribution is 7.47. The van der Waals surface area contributed by atoms with Gasteiger partial charge in [0.05, 0.1) is 26.4 Å². The van der Waals surface area contributed by atoms with Crippen molar-refractivity contribution in [2.45, 2.75) is 167 Å². The lowest BCUT2D eigenvalue weighted by atomic mass is 10.1. The van der Waals surface area contributed by atoms with Crippen LogP contribution in [0.5, 0.6) is 0 Å². The van der Waals surface area contributed by atoms with Gasteiger partial charge >= 0.3 is 13.8 Å². The third kappa shape index (κ3) is 43.0. The molecule has 9 nitrogen and oxygen atoms in total. The fraction of sp³-hybridized carbons (Fsp3) is 0.646. The molecule has 3 unspecified atom stereocenters. The number of aliphatic hydroxyl groups is 2. The van der Waals surface area contributed by atoms with Gasteiger partial charge in [-0.15, -0.1) is 0 Å². The van der Waals surface area contributed by atoms with E-state index in [0.29, 0.717) is 13.0 Å². The average Bonchev–Trinajstić information content (AvgIpc) is 3.21. The lowest BCUT2D eigenvalue weighted by Gasteiger charge is -2.20. The van der Waals surface area contributed by atoms with Gasteiger partial charge in [0, 0.05) is 13.0 Å². The molecule has 0 aromatic heterocycles. The van der Waals surface area contributed by atoms with E-state index < -0.39 is 45.8 Å². The Morgan fingerprint density at radius 1 is 0.552 bits per heavy atom. The van der Waals surface area contributed by atoms with Crippen LogP contribution in [-0.4, -0.2) is 66.3 Å². The van der Waals surface area contributed by atoms with Crippen LogP contribution in [0.15, 0.2) is 97.2 Å². The van der Waals surface area contributed by atoms with Gasteiger partial charge in [-0.05, 0) is 96.3 Å². The molecule has 0 spiro atoms. The van der Waals surface area contributed by atoms with Gasteiger partial charge < -0.3 is 24.6 Å². The van der Waals surface area contributed by atoms with Gasteiger partial charge in [-0.3, -0.25) is 13.8 Å². The van der Waals surface area contributed by atoms with Crippen LogP contribution in [0.1, 0.15) is 155 Å². The molecule has 332 valence electrons. The minimum Gasteiger partial charge on any atom is -0.457 e. The zero-order chi connectivity index (χ0) is 42.5. The zero-order valence-electron chi connectivity index (χ0n) is 36.2. The van der Waals surface area contributed by atoms with Crippen LogP contribution in [0.2, 0.25) is 0 Å². The lowest BCUT2D eigenvalue weighted by Crippen LogP contribution is -2.29. The van der Waals surface area contributed by atoms with Crippen molar-refractivity contribution >= 4 is 13.8 Å². The number of phosphoric ester groups is 1. The van der Waals surface area contributed by atoms with E-state index >= 15 is 0 Å². The second kappa shape index (κ2) is 43.9. The fourth-order valence-electron chi connectivity index (χ4n) is 5.39. The smallest absolute Gasteiger partial charge is 0.457 e. The summed E-state index contributed by atoms with van der Waals surface area (Å²) in [4.78, 5) is 22.6. The number of allylic oxidation sites excluding steroid dienone is 16. The Hall–Kier alpha value is -2.62. The minimum absolute atomic E-state index is 0.00788. The van der Waals surface area contributed by atoms with Crippen LogP contribution < -0.4 is 0 Å². The first-order chi connectivity index (χ1) is 28.3. The van der Waals surface area contributed by atoms with Gasteiger partial charge in [-0.1, -0.05) is 150 Å².